The van der Waals surface area contributed by atoms with Crippen LogP contribution in [0, 0.1) is 23.2 Å². The van der Waals surface area contributed by atoms with Gasteiger partial charge in [0, 0.05) is 55.8 Å². The maximum Gasteiger partial charge on any atom is 0.407 e. The molecule has 1 saturated heterocycles. The minimum atomic E-state index is -1.05. The molecule has 14 heteroatoms. The molecule has 2 aromatic heterocycles. The predicted molar refractivity (Wildman–Crippen MR) is 239 cm³/mol. The number of ether oxygens (including phenoxy) is 4. The standard InChI is InChI=1S/C49H68N6O8/c1-30-36(21-51-55(30)29-48-24-46(8)23-47(9,25-48)27-49(26-46,28-48)61-18-17-60-10)34-11-12-37(53-39(34)42(58)62-44(2,3)4)40-38-31(13-15-50-40)19-33(20-35(38)41(56)57)54-16-14-32(22-54)52-43(59)63-45(5,6)7/h11-12,19-21,32,40,50H,13-18,22-29H2,1-10H3,(H,52,59)(H,56,57)/t32-,40?,46?,47?,48?,49?/m0/s1. The van der Waals surface area contributed by atoms with E-state index >= 15 is 0 Å². The topological polar surface area (TPSA) is 166 Å². The number of carbonyl (C=O) groups is 3. The van der Waals surface area contributed by atoms with Gasteiger partial charge in [-0.05, 0) is 151 Å². The van der Waals surface area contributed by atoms with Gasteiger partial charge >= 0.3 is 18.0 Å². The third-order valence-electron chi connectivity index (χ3n) is 13.8. The van der Waals surface area contributed by atoms with E-state index in [1.807, 2.05) is 59.9 Å². The lowest BCUT2D eigenvalue weighted by atomic mass is 9.39. The monoisotopic (exact) mass is 869 g/mol. The van der Waals surface area contributed by atoms with Crippen LogP contribution in [0.2, 0.25) is 0 Å². The SMILES string of the molecule is COCCOC12CC3(C)CC(C)(CC(Cn4ncc(-c5ccc(C6NCCc7cc(N8CC[C@H](NC(=O)OC(C)(C)C)C8)cc(C(=O)O)c76)nc5C(=O)OC(C)(C)C)c4C)(C3)C1)C2. The molecule has 1 amide bonds. The number of esters is 1. The second-order valence-electron chi connectivity index (χ2n) is 22.2. The first-order valence-electron chi connectivity index (χ1n) is 22.8. The van der Waals surface area contributed by atoms with Crippen molar-refractivity contribution in [2.45, 2.75) is 149 Å². The minimum absolute atomic E-state index is 0.0185. The van der Waals surface area contributed by atoms with Crippen molar-refractivity contribution in [2.24, 2.45) is 16.2 Å². The molecule has 6 aliphatic rings. The first-order chi connectivity index (χ1) is 29.5. The van der Waals surface area contributed by atoms with Gasteiger partial charge in [0.2, 0.25) is 0 Å². The number of rotatable bonds is 12. The number of amides is 1. The number of carboxylic acid groups (broad SMARTS) is 1. The summed E-state index contributed by atoms with van der Waals surface area (Å²) in [5, 5.41) is 22.2. The van der Waals surface area contributed by atoms with E-state index in [1.54, 1.807) is 13.2 Å². The molecule has 0 radical (unpaired) electrons. The second-order valence-corrected chi connectivity index (χ2v) is 22.2. The van der Waals surface area contributed by atoms with E-state index in [1.165, 1.54) is 6.42 Å². The first kappa shape index (κ1) is 45.1. The van der Waals surface area contributed by atoms with E-state index < -0.39 is 35.3 Å². The van der Waals surface area contributed by atoms with E-state index in [2.05, 4.69) is 47.1 Å². The molecular formula is C49H68N6O8. The molecule has 4 aliphatic carbocycles. The largest absolute Gasteiger partial charge is 0.478 e. The molecule has 4 atom stereocenters. The Kier molecular flexibility index (Phi) is 11.6. The van der Waals surface area contributed by atoms with Gasteiger partial charge in [0.25, 0.3) is 0 Å². The number of nitrogens with zero attached hydrogens (tertiary/aromatic N) is 4. The molecule has 14 nitrogen and oxygen atoms in total. The maximum atomic E-state index is 14.2. The van der Waals surface area contributed by atoms with Crippen LogP contribution in [0.1, 0.15) is 150 Å². The Bertz CT molecular complexity index is 2260. The third kappa shape index (κ3) is 9.36. The molecular weight excluding hydrogens is 801 g/mol. The van der Waals surface area contributed by atoms with Crippen molar-refractivity contribution in [1.82, 2.24) is 25.4 Å². The summed E-state index contributed by atoms with van der Waals surface area (Å²) >= 11 is 0. The van der Waals surface area contributed by atoms with Gasteiger partial charge in [-0.25, -0.2) is 19.4 Å². The van der Waals surface area contributed by atoms with Crippen molar-refractivity contribution in [3.8, 4) is 11.1 Å². The lowest BCUT2D eigenvalue weighted by Gasteiger charge is -2.69. The molecule has 3 unspecified atom stereocenters. The summed E-state index contributed by atoms with van der Waals surface area (Å²) in [6.07, 6.45) is 9.29. The number of methoxy groups -OCH3 is 1. The van der Waals surface area contributed by atoms with E-state index in [0.717, 1.165) is 61.2 Å². The average molecular weight is 869 g/mol. The van der Waals surface area contributed by atoms with Crippen molar-refractivity contribution in [3.63, 3.8) is 0 Å². The molecule has 2 aliphatic heterocycles. The van der Waals surface area contributed by atoms with E-state index in [9.17, 15) is 19.5 Å². The number of nitrogens with one attached hydrogen (secondary N) is 2. The van der Waals surface area contributed by atoms with Gasteiger partial charge in [0.15, 0.2) is 5.69 Å². The number of hydrogen-bond donors (Lipinski definition) is 3. The maximum absolute atomic E-state index is 14.2. The van der Waals surface area contributed by atoms with Crippen LogP contribution in [-0.4, -0.2) is 101 Å². The Hall–Kier alpha value is -4.53. The van der Waals surface area contributed by atoms with Crippen LogP contribution in [0.4, 0.5) is 10.5 Å². The number of carbonyl (C=O) groups excluding carboxylic acids is 2. The van der Waals surface area contributed by atoms with Gasteiger partial charge in [-0.2, -0.15) is 5.10 Å². The van der Waals surface area contributed by atoms with Gasteiger partial charge in [-0.3, -0.25) is 4.68 Å². The fourth-order valence-corrected chi connectivity index (χ4v) is 12.9. The van der Waals surface area contributed by atoms with Crippen molar-refractivity contribution < 1.29 is 38.4 Å². The lowest BCUT2D eigenvalue weighted by Crippen LogP contribution is -2.64. The number of aromatic nitrogens is 3. The van der Waals surface area contributed by atoms with Crippen LogP contribution in [0.25, 0.3) is 11.1 Å². The summed E-state index contributed by atoms with van der Waals surface area (Å²) in [6.45, 7) is 21.6. The van der Waals surface area contributed by atoms with Crippen molar-refractivity contribution in [3.05, 3.63) is 64.2 Å². The highest BCUT2D eigenvalue weighted by molar-refractivity contribution is 5.96. The van der Waals surface area contributed by atoms with Gasteiger partial charge < -0.3 is 39.6 Å². The molecule has 4 heterocycles. The highest BCUT2D eigenvalue weighted by Crippen LogP contribution is 2.72. The second kappa shape index (κ2) is 16.2. The summed E-state index contributed by atoms with van der Waals surface area (Å²) in [5.74, 6) is -1.61. The Labute approximate surface area is 372 Å². The van der Waals surface area contributed by atoms with Crippen molar-refractivity contribution in [2.75, 3.05) is 44.9 Å². The number of pyridine rings is 1. The Morgan fingerprint density at radius 2 is 1.65 bits per heavy atom. The number of anilines is 1. The number of carboxylic acids is 1. The molecule has 9 rings (SSSR count). The number of fused-ring (bicyclic) bond motifs is 1. The van der Waals surface area contributed by atoms with E-state index in [4.69, 9.17) is 29.0 Å². The van der Waals surface area contributed by atoms with Crippen LogP contribution in [0.15, 0.2) is 30.5 Å². The van der Waals surface area contributed by atoms with Crippen molar-refractivity contribution >= 4 is 23.7 Å². The zero-order valence-electron chi connectivity index (χ0n) is 39.0. The summed E-state index contributed by atoms with van der Waals surface area (Å²) in [4.78, 5) is 47.0. The fourth-order valence-electron chi connectivity index (χ4n) is 12.9. The van der Waals surface area contributed by atoms with Gasteiger partial charge in [0.05, 0.1) is 48.4 Å². The summed E-state index contributed by atoms with van der Waals surface area (Å²) in [6, 6.07) is 6.85. The molecule has 5 fully saturated rings. The molecule has 342 valence electrons. The molecule has 0 spiro atoms. The summed E-state index contributed by atoms with van der Waals surface area (Å²) in [7, 11) is 1.72. The van der Waals surface area contributed by atoms with Crippen LogP contribution >= 0.6 is 0 Å². The Morgan fingerprint density at radius 3 is 2.32 bits per heavy atom. The van der Waals surface area contributed by atoms with Gasteiger partial charge in [-0.15, -0.1) is 0 Å². The average Bonchev–Trinajstić information content (AvgIpc) is 3.76. The fraction of sp³-hybridized carbons (Fsp3) is 0.653. The van der Waals surface area contributed by atoms with Gasteiger partial charge in [0.1, 0.15) is 11.2 Å². The number of hydrogen-bond acceptors (Lipinski definition) is 11. The molecule has 3 N–H and O–H groups in total. The Morgan fingerprint density at radius 1 is 0.937 bits per heavy atom. The molecule has 63 heavy (non-hydrogen) atoms. The summed E-state index contributed by atoms with van der Waals surface area (Å²) in [5.41, 5.74) is 4.38. The van der Waals surface area contributed by atoms with Crippen LogP contribution in [0.3, 0.4) is 0 Å². The Balaban J connectivity index is 1.10. The number of aromatic carboxylic acids is 1. The van der Waals surface area contributed by atoms with Crippen LogP contribution in [-0.2, 0) is 31.9 Å². The highest BCUT2D eigenvalue weighted by Gasteiger charge is 2.66. The van der Waals surface area contributed by atoms with Crippen LogP contribution in [0.5, 0.6) is 0 Å². The zero-order chi connectivity index (χ0) is 45.3. The number of benzene rings is 1. The highest BCUT2D eigenvalue weighted by atomic mass is 16.6. The predicted octanol–water partition coefficient (Wildman–Crippen LogP) is 8.03. The van der Waals surface area contributed by atoms with Crippen molar-refractivity contribution in [1.29, 1.82) is 0 Å². The minimum Gasteiger partial charge on any atom is -0.478 e. The molecule has 4 saturated carbocycles. The van der Waals surface area contributed by atoms with E-state index in [-0.39, 0.29) is 39.1 Å². The zero-order valence-corrected chi connectivity index (χ0v) is 39.0. The molecule has 4 bridgehead atoms. The lowest BCUT2D eigenvalue weighted by molar-refractivity contribution is -0.250. The third-order valence-corrected chi connectivity index (χ3v) is 13.8. The quantitative estimate of drug-likeness (QED) is 0.119. The van der Waals surface area contributed by atoms with Crippen LogP contribution < -0.4 is 15.5 Å². The normalized spacial score (nSPS) is 28.8. The molecule has 1 aromatic carbocycles. The first-order valence-corrected chi connectivity index (χ1v) is 22.8. The summed E-state index contributed by atoms with van der Waals surface area (Å²) < 4.78 is 25.7. The smallest absolute Gasteiger partial charge is 0.407 e. The van der Waals surface area contributed by atoms with Gasteiger partial charge in [-0.1, -0.05) is 13.8 Å². The van der Waals surface area contributed by atoms with E-state index in [0.29, 0.717) is 62.5 Å². The number of alkyl carbamates (subject to hydrolysis) is 1. The molecule has 3 aromatic rings.